The number of nitrogens with one attached hydrogen (secondary N) is 2. The molecule has 7 heteroatoms. The van der Waals surface area contributed by atoms with Crippen molar-refractivity contribution in [3.05, 3.63) is 11.9 Å². The maximum Gasteiger partial charge on any atom is 0.243 e. The average Bonchev–Trinajstić information content (AvgIpc) is 2.63. The highest BCUT2D eigenvalue weighted by molar-refractivity contribution is 7.98. The zero-order chi connectivity index (χ0) is 12.2. The van der Waals surface area contributed by atoms with Crippen LogP contribution in [0.1, 0.15) is 12.6 Å². The first-order valence-corrected chi connectivity index (χ1v) is 7.83. The summed E-state index contributed by atoms with van der Waals surface area (Å²) in [5.41, 5.74) is 0.560. The molecule has 1 atom stereocenters. The van der Waals surface area contributed by atoms with E-state index in [-0.39, 0.29) is 4.90 Å². The summed E-state index contributed by atoms with van der Waals surface area (Å²) in [6.07, 6.45) is 3.34. The lowest BCUT2D eigenvalue weighted by Crippen LogP contribution is -2.29. The molecule has 16 heavy (non-hydrogen) atoms. The minimum atomic E-state index is -3.41. The van der Waals surface area contributed by atoms with Gasteiger partial charge in [-0.25, -0.2) is 13.1 Å². The first-order chi connectivity index (χ1) is 7.47. The number of H-pyrrole nitrogens is 1. The van der Waals surface area contributed by atoms with E-state index in [0.29, 0.717) is 18.2 Å². The number of hydrogen-bond donors (Lipinski definition) is 2. The van der Waals surface area contributed by atoms with Gasteiger partial charge in [0.15, 0.2) is 0 Å². The Morgan fingerprint density at radius 3 is 2.81 bits per heavy atom. The van der Waals surface area contributed by atoms with E-state index in [1.54, 1.807) is 18.7 Å². The Labute approximate surface area is 100 Å². The Balaban J connectivity index is 2.63. The van der Waals surface area contributed by atoms with Gasteiger partial charge in [-0.2, -0.15) is 16.9 Å². The van der Waals surface area contributed by atoms with E-state index in [9.17, 15) is 8.42 Å². The monoisotopic (exact) mass is 263 g/mol. The van der Waals surface area contributed by atoms with Crippen molar-refractivity contribution in [2.75, 3.05) is 18.6 Å². The minimum Gasteiger partial charge on any atom is -0.281 e. The van der Waals surface area contributed by atoms with E-state index in [2.05, 4.69) is 14.9 Å². The fourth-order valence-electron chi connectivity index (χ4n) is 1.28. The number of aromatic nitrogens is 2. The normalized spacial score (nSPS) is 13.9. The van der Waals surface area contributed by atoms with Crippen molar-refractivity contribution in [3.8, 4) is 0 Å². The Bertz CT molecular complexity index is 428. The summed E-state index contributed by atoms with van der Waals surface area (Å²) in [5.74, 6) is 1.25. The van der Waals surface area contributed by atoms with Crippen molar-refractivity contribution in [3.63, 3.8) is 0 Å². The molecule has 0 spiro atoms. The summed E-state index contributed by atoms with van der Waals surface area (Å²) in [6, 6.07) is 0. The van der Waals surface area contributed by atoms with Gasteiger partial charge in [-0.1, -0.05) is 6.92 Å². The largest absolute Gasteiger partial charge is 0.281 e. The van der Waals surface area contributed by atoms with Crippen LogP contribution in [0.3, 0.4) is 0 Å². The highest BCUT2D eigenvalue weighted by Crippen LogP contribution is 2.11. The van der Waals surface area contributed by atoms with Crippen LogP contribution < -0.4 is 4.72 Å². The second-order valence-corrected chi connectivity index (χ2v) is 6.42. The quantitative estimate of drug-likeness (QED) is 0.803. The molecule has 0 aromatic carbocycles. The molecule has 0 aliphatic heterocycles. The molecule has 92 valence electrons. The minimum absolute atomic E-state index is 0.226. The SMILES string of the molecule is CSCC(C)CNS(=O)(=O)c1cn[nH]c1C. The number of thioether (sulfide) groups is 1. The maximum absolute atomic E-state index is 11.8. The zero-order valence-corrected chi connectivity index (χ0v) is 11.3. The van der Waals surface area contributed by atoms with Crippen LogP contribution in [0.15, 0.2) is 11.1 Å². The molecule has 1 rings (SSSR count). The van der Waals surface area contributed by atoms with Gasteiger partial charge in [0.05, 0.1) is 11.9 Å². The lowest BCUT2D eigenvalue weighted by Gasteiger charge is -2.11. The number of aromatic amines is 1. The molecule has 0 amide bonds. The Morgan fingerprint density at radius 1 is 1.62 bits per heavy atom. The van der Waals surface area contributed by atoms with Crippen LogP contribution in [0.4, 0.5) is 0 Å². The van der Waals surface area contributed by atoms with Crippen molar-refractivity contribution in [2.45, 2.75) is 18.7 Å². The van der Waals surface area contributed by atoms with Crippen molar-refractivity contribution in [2.24, 2.45) is 5.92 Å². The standard InChI is InChI=1S/C9H17N3O2S2/c1-7(6-15-3)4-11-16(13,14)9-5-10-12-8(9)2/h5,7,11H,4,6H2,1-3H3,(H,10,12). The van der Waals surface area contributed by atoms with Gasteiger partial charge in [-0.15, -0.1) is 0 Å². The molecule has 1 aromatic heterocycles. The second kappa shape index (κ2) is 5.70. The van der Waals surface area contributed by atoms with Crippen molar-refractivity contribution in [1.29, 1.82) is 0 Å². The lowest BCUT2D eigenvalue weighted by atomic mass is 10.2. The molecular formula is C9H17N3O2S2. The number of nitrogens with zero attached hydrogens (tertiary/aromatic N) is 1. The molecule has 0 bridgehead atoms. The molecule has 0 aliphatic rings. The molecule has 0 fully saturated rings. The summed E-state index contributed by atoms with van der Waals surface area (Å²) < 4.78 is 26.3. The fourth-order valence-corrected chi connectivity index (χ4v) is 3.27. The van der Waals surface area contributed by atoms with Gasteiger partial charge in [0.2, 0.25) is 10.0 Å². The predicted molar refractivity (Wildman–Crippen MR) is 66.1 cm³/mol. The smallest absolute Gasteiger partial charge is 0.243 e. The van der Waals surface area contributed by atoms with E-state index in [1.165, 1.54) is 6.20 Å². The molecule has 1 heterocycles. The van der Waals surface area contributed by atoms with Crippen molar-refractivity contribution in [1.82, 2.24) is 14.9 Å². The van der Waals surface area contributed by atoms with Crippen LogP contribution >= 0.6 is 11.8 Å². The number of rotatable bonds is 6. The van der Waals surface area contributed by atoms with Gasteiger partial charge in [0.25, 0.3) is 0 Å². The maximum atomic E-state index is 11.8. The van der Waals surface area contributed by atoms with Gasteiger partial charge in [0.1, 0.15) is 4.90 Å². The summed E-state index contributed by atoms with van der Waals surface area (Å²) in [5, 5.41) is 6.32. The molecule has 5 nitrogen and oxygen atoms in total. The Morgan fingerprint density at radius 2 is 2.31 bits per heavy atom. The third-order valence-corrected chi connectivity index (χ3v) is 4.59. The summed E-state index contributed by atoms with van der Waals surface area (Å²) in [7, 11) is -3.41. The molecule has 0 saturated carbocycles. The molecule has 0 saturated heterocycles. The summed E-state index contributed by atoms with van der Waals surface area (Å²) >= 11 is 1.71. The highest BCUT2D eigenvalue weighted by Gasteiger charge is 2.18. The van der Waals surface area contributed by atoms with Crippen LogP contribution in [0, 0.1) is 12.8 Å². The van der Waals surface area contributed by atoms with Crippen LogP contribution in [0.5, 0.6) is 0 Å². The number of sulfonamides is 1. The number of hydrogen-bond acceptors (Lipinski definition) is 4. The Kier molecular flexibility index (Phi) is 4.82. The first-order valence-electron chi connectivity index (χ1n) is 4.96. The van der Waals surface area contributed by atoms with Crippen LogP contribution in [0.2, 0.25) is 0 Å². The van der Waals surface area contributed by atoms with E-state index < -0.39 is 10.0 Å². The third-order valence-electron chi connectivity index (χ3n) is 2.15. The highest BCUT2D eigenvalue weighted by atomic mass is 32.2. The van der Waals surface area contributed by atoms with E-state index >= 15 is 0 Å². The van der Waals surface area contributed by atoms with Crippen molar-refractivity contribution < 1.29 is 8.42 Å². The lowest BCUT2D eigenvalue weighted by molar-refractivity contribution is 0.562. The third kappa shape index (κ3) is 3.50. The van der Waals surface area contributed by atoms with E-state index in [4.69, 9.17) is 0 Å². The Hall–Kier alpha value is -0.530. The van der Waals surface area contributed by atoms with Gasteiger partial charge >= 0.3 is 0 Å². The van der Waals surface area contributed by atoms with E-state index in [1.807, 2.05) is 13.2 Å². The average molecular weight is 263 g/mol. The first kappa shape index (κ1) is 13.5. The van der Waals surface area contributed by atoms with Gasteiger partial charge in [0, 0.05) is 6.54 Å². The zero-order valence-electron chi connectivity index (χ0n) is 9.65. The molecule has 1 aromatic rings. The molecule has 0 aliphatic carbocycles. The second-order valence-electron chi connectivity index (χ2n) is 3.77. The molecule has 0 radical (unpaired) electrons. The molecular weight excluding hydrogens is 246 g/mol. The van der Waals surface area contributed by atoms with Crippen LogP contribution in [0.25, 0.3) is 0 Å². The molecule has 2 N–H and O–H groups in total. The van der Waals surface area contributed by atoms with Crippen LogP contribution in [-0.2, 0) is 10.0 Å². The topological polar surface area (TPSA) is 74.8 Å². The van der Waals surface area contributed by atoms with E-state index in [0.717, 1.165) is 5.75 Å². The summed E-state index contributed by atoms with van der Waals surface area (Å²) in [4.78, 5) is 0.226. The van der Waals surface area contributed by atoms with Gasteiger partial charge in [-0.3, -0.25) is 5.10 Å². The molecule has 1 unspecified atom stereocenters. The number of aryl methyl sites for hydroxylation is 1. The summed E-state index contributed by atoms with van der Waals surface area (Å²) in [6.45, 7) is 4.15. The van der Waals surface area contributed by atoms with Crippen LogP contribution in [-0.4, -0.2) is 37.2 Å². The van der Waals surface area contributed by atoms with Crippen molar-refractivity contribution >= 4 is 21.8 Å². The fraction of sp³-hybridized carbons (Fsp3) is 0.667. The van der Waals surface area contributed by atoms with Gasteiger partial charge < -0.3 is 0 Å². The predicted octanol–water partition coefficient (Wildman–Crippen LogP) is 0.996. The van der Waals surface area contributed by atoms with Gasteiger partial charge in [-0.05, 0) is 24.9 Å².